The second-order valence-electron chi connectivity index (χ2n) is 4.81. The Morgan fingerprint density at radius 3 is 2.24 bits per heavy atom. The monoisotopic (exact) mass is 393 g/mol. The zero-order chi connectivity index (χ0) is 18.8. The summed E-state index contributed by atoms with van der Waals surface area (Å²) in [7, 11) is -2.98. The molecule has 134 valence electrons. The van der Waals surface area contributed by atoms with E-state index < -0.39 is 32.8 Å². The summed E-state index contributed by atoms with van der Waals surface area (Å²) in [4.78, 5) is 11.1. The predicted molar refractivity (Wildman–Crippen MR) is 85.0 cm³/mol. The van der Waals surface area contributed by atoms with Gasteiger partial charge in [0.15, 0.2) is 0 Å². The van der Waals surface area contributed by atoms with Gasteiger partial charge in [0.25, 0.3) is 10.0 Å². The maximum Gasteiger partial charge on any atom is 0.417 e. The molecule has 0 amide bonds. The minimum absolute atomic E-state index is 0.132. The first kappa shape index (κ1) is 19.1. The fourth-order valence-electron chi connectivity index (χ4n) is 1.91. The van der Waals surface area contributed by atoms with Crippen LogP contribution in [0.25, 0.3) is 0 Å². The van der Waals surface area contributed by atoms with E-state index in [0.29, 0.717) is 6.07 Å². The molecule has 0 unspecified atom stereocenters. The summed E-state index contributed by atoms with van der Waals surface area (Å²) in [6, 6.07) is 7.38. The molecule has 0 bridgehead atoms. The molecule has 1 N–H and O–H groups in total. The zero-order valence-electron chi connectivity index (χ0n) is 12.6. The highest BCUT2D eigenvalue weighted by molar-refractivity contribution is 7.92. The average molecular weight is 394 g/mol. The summed E-state index contributed by atoms with van der Waals surface area (Å²) < 4.78 is 69.5. The summed E-state index contributed by atoms with van der Waals surface area (Å²) in [5, 5.41) is -0.544. The largest absolute Gasteiger partial charge is 0.465 e. The van der Waals surface area contributed by atoms with Crippen molar-refractivity contribution < 1.29 is 31.1 Å². The Kier molecular flexibility index (Phi) is 5.28. The molecule has 0 aliphatic carbocycles. The molecule has 10 heteroatoms. The van der Waals surface area contributed by atoms with Crippen LogP contribution in [0.3, 0.4) is 0 Å². The number of nitrogens with one attached hydrogen (secondary N) is 1. The molecule has 2 rings (SSSR count). The Morgan fingerprint density at radius 2 is 1.72 bits per heavy atom. The Bertz CT molecular complexity index is 896. The third kappa shape index (κ3) is 4.43. The number of ether oxygens (including phenoxy) is 1. The van der Waals surface area contributed by atoms with Gasteiger partial charge < -0.3 is 4.74 Å². The van der Waals surface area contributed by atoms with E-state index in [2.05, 4.69) is 4.74 Å². The minimum atomic E-state index is -4.72. The maximum absolute atomic E-state index is 12.8. The summed E-state index contributed by atoms with van der Waals surface area (Å²) in [6.07, 6.45) is -4.72. The van der Waals surface area contributed by atoms with Crippen LogP contribution in [0.4, 0.5) is 18.9 Å². The van der Waals surface area contributed by atoms with Crippen LogP contribution < -0.4 is 4.72 Å². The van der Waals surface area contributed by atoms with Crippen molar-refractivity contribution in [2.45, 2.75) is 11.1 Å². The number of sulfonamides is 1. The molecule has 2 aromatic carbocycles. The fraction of sp³-hybridized carbons (Fsp3) is 0.133. The molecular formula is C15H11ClF3NO4S. The number of hydrogen-bond acceptors (Lipinski definition) is 4. The van der Waals surface area contributed by atoms with Gasteiger partial charge in [-0.25, -0.2) is 13.2 Å². The number of methoxy groups -OCH3 is 1. The first-order chi connectivity index (χ1) is 11.5. The summed E-state index contributed by atoms with van der Waals surface area (Å²) in [5.41, 5.74) is -1.32. The molecule has 0 fully saturated rings. The van der Waals surface area contributed by atoms with Gasteiger partial charge in [0.05, 0.1) is 28.2 Å². The highest BCUT2D eigenvalue weighted by Crippen LogP contribution is 2.36. The maximum atomic E-state index is 12.8. The molecule has 0 aromatic heterocycles. The van der Waals surface area contributed by atoms with E-state index in [1.807, 2.05) is 4.72 Å². The summed E-state index contributed by atoms with van der Waals surface area (Å²) in [6.45, 7) is 0. The van der Waals surface area contributed by atoms with Gasteiger partial charge in [0, 0.05) is 5.69 Å². The van der Waals surface area contributed by atoms with Crippen molar-refractivity contribution in [3.05, 3.63) is 58.6 Å². The number of hydrogen-bond donors (Lipinski definition) is 1. The van der Waals surface area contributed by atoms with Gasteiger partial charge in [0.2, 0.25) is 0 Å². The van der Waals surface area contributed by atoms with Gasteiger partial charge in [-0.2, -0.15) is 13.2 Å². The number of esters is 1. The van der Waals surface area contributed by atoms with Gasteiger partial charge >= 0.3 is 12.1 Å². The van der Waals surface area contributed by atoms with Crippen LogP contribution in [0, 0.1) is 0 Å². The molecule has 0 atom stereocenters. The standard InChI is InChI=1S/C15H11ClF3NO4S/c1-24-14(21)9-2-5-11(6-3-9)25(22,23)20-10-4-7-13(16)12(8-10)15(17,18)19/h2-8,20H,1H3. The fourth-order valence-corrected chi connectivity index (χ4v) is 3.18. The Morgan fingerprint density at radius 1 is 1.12 bits per heavy atom. The number of carbonyl (C=O) groups is 1. The first-order valence-corrected chi connectivity index (χ1v) is 8.48. The zero-order valence-corrected chi connectivity index (χ0v) is 14.2. The first-order valence-electron chi connectivity index (χ1n) is 6.62. The Hall–Kier alpha value is -2.26. The van der Waals surface area contributed by atoms with E-state index in [1.165, 1.54) is 19.2 Å². The van der Waals surface area contributed by atoms with Crippen LogP contribution in [0.5, 0.6) is 0 Å². The molecule has 0 heterocycles. The second-order valence-corrected chi connectivity index (χ2v) is 6.90. The van der Waals surface area contributed by atoms with E-state index in [1.54, 1.807) is 0 Å². The van der Waals surface area contributed by atoms with Gasteiger partial charge in [-0.3, -0.25) is 4.72 Å². The molecule has 25 heavy (non-hydrogen) atoms. The lowest BCUT2D eigenvalue weighted by atomic mass is 10.2. The summed E-state index contributed by atoms with van der Waals surface area (Å²) >= 11 is 5.49. The number of alkyl halides is 3. The number of benzene rings is 2. The molecule has 0 saturated carbocycles. The highest BCUT2D eigenvalue weighted by atomic mass is 35.5. The molecule has 0 spiro atoms. The Labute approximate surface area is 146 Å². The quantitative estimate of drug-likeness (QED) is 0.798. The van der Waals surface area contributed by atoms with Gasteiger partial charge in [-0.15, -0.1) is 0 Å². The minimum Gasteiger partial charge on any atom is -0.465 e. The lowest BCUT2D eigenvalue weighted by Crippen LogP contribution is -2.14. The molecular weight excluding hydrogens is 383 g/mol. The van der Waals surface area contributed by atoms with Gasteiger partial charge in [-0.1, -0.05) is 11.6 Å². The van der Waals surface area contributed by atoms with Crippen LogP contribution in [-0.4, -0.2) is 21.5 Å². The number of anilines is 1. The van der Waals surface area contributed by atoms with Crippen molar-refractivity contribution in [3.63, 3.8) is 0 Å². The van der Waals surface area contributed by atoms with Crippen molar-refractivity contribution in [1.29, 1.82) is 0 Å². The van der Waals surface area contributed by atoms with E-state index in [9.17, 15) is 26.4 Å². The van der Waals surface area contributed by atoms with Crippen molar-refractivity contribution in [2.75, 3.05) is 11.8 Å². The van der Waals surface area contributed by atoms with Crippen LogP contribution in [0.2, 0.25) is 5.02 Å². The topological polar surface area (TPSA) is 72.5 Å². The molecule has 2 aromatic rings. The summed E-state index contributed by atoms with van der Waals surface area (Å²) in [5.74, 6) is -0.649. The van der Waals surface area contributed by atoms with Crippen LogP contribution in [0.1, 0.15) is 15.9 Å². The van der Waals surface area contributed by atoms with E-state index in [-0.39, 0.29) is 16.1 Å². The SMILES string of the molecule is COC(=O)c1ccc(S(=O)(=O)Nc2ccc(Cl)c(C(F)(F)F)c2)cc1. The molecule has 0 saturated heterocycles. The number of carbonyl (C=O) groups excluding carboxylic acids is 1. The number of rotatable bonds is 4. The van der Waals surface area contributed by atoms with Crippen molar-refractivity contribution >= 4 is 33.3 Å². The average Bonchev–Trinajstić information content (AvgIpc) is 2.54. The molecule has 0 aliphatic rings. The molecule has 5 nitrogen and oxygen atoms in total. The number of halogens is 4. The lowest BCUT2D eigenvalue weighted by Gasteiger charge is -2.13. The third-order valence-electron chi connectivity index (χ3n) is 3.11. The van der Waals surface area contributed by atoms with Crippen LogP contribution >= 0.6 is 11.6 Å². The van der Waals surface area contributed by atoms with E-state index in [4.69, 9.17) is 11.6 Å². The van der Waals surface area contributed by atoms with E-state index >= 15 is 0 Å². The van der Waals surface area contributed by atoms with Crippen molar-refractivity contribution in [3.8, 4) is 0 Å². The predicted octanol–water partition coefficient (Wildman–Crippen LogP) is 3.95. The third-order valence-corrected chi connectivity index (χ3v) is 4.84. The molecule has 0 radical (unpaired) electrons. The lowest BCUT2D eigenvalue weighted by molar-refractivity contribution is -0.137. The van der Waals surface area contributed by atoms with E-state index in [0.717, 1.165) is 24.3 Å². The van der Waals surface area contributed by atoms with Gasteiger partial charge in [0.1, 0.15) is 0 Å². The van der Waals surface area contributed by atoms with Crippen molar-refractivity contribution in [1.82, 2.24) is 0 Å². The molecule has 0 aliphatic heterocycles. The highest BCUT2D eigenvalue weighted by Gasteiger charge is 2.33. The smallest absolute Gasteiger partial charge is 0.417 e. The second kappa shape index (κ2) is 6.93. The van der Waals surface area contributed by atoms with Crippen LogP contribution in [-0.2, 0) is 20.9 Å². The van der Waals surface area contributed by atoms with Crippen molar-refractivity contribution in [2.24, 2.45) is 0 Å². The van der Waals surface area contributed by atoms with Crippen LogP contribution in [0.15, 0.2) is 47.4 Å². The normalized spacial score (nSPS) is 11.9. The van der Waals surface area contributed by atoms with Gasteiger partial charge in [-0.05, 0) is 42.5 Å². The Balaban J connectivity index is 2.31.